The molecule has 256 valence electrons. The monoisotopic (exact) mass is 671 g/mol. The smallest absolute Gasteiger partial charge is 0.408 e. The number of hydrogen-bond acceptors (Lipinski definition) is 9. The number of pyridine rings is 1. The first kappa shape index (κ1) is 34.4. The van der Waals surface area contributed by atoms with E-state index in [1.165, 1.54) is 10.5 Å². The van der Waals surface area contributed by atoms with E-state index in [4.69, 9.17) is 14.5 Å². The Morgan fingerprint density at radius 2 is 1.70 bits per heavy atom. The molecule has 0 spiro atoms. The average molecular weight is 672 g/mol. The number of likely N-dealkylation sites (tertiary alicyclic amines) is 1. The first-order chi connectivity index (χ1) is 21.9. The molecule has 0 unspecified atom stereocenters. The molecule has 1 aliphatic heterocycles. The molecule has 2 aromatic rings. The van der Waals surface area contributed by atoms with Crippen molar-refractivity contribution in [1.29, 1.82) is 0 Å². The second kappa shape index (κ2) is 12.9. The summed E-state index contributed by atoms with van der Waals surface area (Å²) in [5, 5.41) is 6.49. The molecule has 4 amide bonds. The number of ether oxygens (including phenoxy) is 2. The molecule has 2 heterocycles. The van der Waals surface area contributed by atoms with E-state index in [2.05, 4.69) is 10.6 Å². The Morgan fingerprint density at radius 1 is 1.02 bits per heavy atom. The number of carbonyl (C=O) groups excluding carboxylic acids is 4. The second-order valence-electron chi connectivity index (χ2n) is 14.7. The minimum atomic E-state index is -3.79. The van der Waals surface area contributed by atoms with Gasteiger partial charge in [-0.3, -0.25) is 19.1 Å². The summed E-state index contributed by atoms with van der Waals surface area (Å²) in [7, 11) is -3.79. The van der Waals surface area contributed by atoms with Crippen LogP contribution in [0.1, 0.15) is 78.5 Å². The lowest BCUT2D eigenvalue weighted by atomic mass is 9.85. The number of fused-ring (bicyclic) bond motifs is 3. The largest absolute Gasteiger partial charge is 0.472 e. The highest BCUT2D eigenvalue weighted by atomic mass is 32.2. The van der Waals surface area contributed by atoms with Crippen LogP contribution in [0.4, 0.5) is 4.79 Å². The van der Waals surface area contributed by atoms with Gasteiger partial charge in [-0.2, -0.15) is 0 Å². The van der Waals surface area contributed by atoms with Gasteiger partial charge in [0.05, 0.1) is 18.3 Å². The predicted molar refractivity (Wildman–Crippen MR) is 174 cm³/mol. The van der Waals surface area contributed by atoms with Crippen LogP contribution < -0.4 is 20.1 Å². The number of alkyl carbamates (subject to hydrolysis) is 1. The van der Waals surface area contributed by atoms with Crippen molar-refractivity contribution in [3.63, 3.8) is 0 Å². The summed E-state index contributed by atoms with van der Waals surface area (Å²) in [5.41, 5.74) is 0.601. The third kappa shape index (κ3) is 8.14. The quantitative estimate of drug-likeness (QED) is 0.362. The van der Waals surface area contributed by atoms with Gasteiger partial charge in [0.25, 0.3) is 5.91 Å². The summed E-state index contributed by atoms with van der Waals surface area (Å²) in [6, 6.07) is 5.71. The Morgan fingerprint density at radius 3 is 2.34 bits per heavy atom. The Labute approximate surface area is 275 Å². The van der Waals surface area contributed by atoms with Crippen molar-refractivity contribution in [2.24, 2.45) is 5.41 Å². The van der Waals surface area contributed by atoms with Crippen LogP contribution >= 0.6 is 0 Å². The van der Waals surface area contributed by atoms with E-state index in [9.17, 15) is 27.6 Å². The number of aromatic nitrogens is 1. The molecule has 0 radical (unpaired) electrons. The van der Waals surface area contributed by atoms with Gasteiger partial charge in [-0.15, -0.1) is 0 Å². The van der Waals surface area contributed by atoms with E-state index < -0.39 is 74.8 Å². The van der Waals surface area contributed by atoms with Crippen molar-refractivity contribution in [2.75, 3.05) is 13.1 Å². The van der Waals surface area contributed by atoms with E-state index in [1.807, 2.05) is 29.0 Å². The van der Waals surface area contributed by atoms with E-state index in [0.717, 1.165) is 35.7 Å². The van der Waals surface area contributed by atoms with Crippen molar-refractivity contribution in [1.82, 2.24) is 25.2 Å². The van der Waals surface area contributed by atoms with Gasteiger partial charge in [0.2, 0.25) is 27.7 Å². The van der Waals surface area contributed by atoms with Gasteiger partial charge >= 0.3 is 6.09 Å². The number of benzene rings is 1. The molecule has 1 saturated heterocycles. The zero-order chi connectivity index (χ0) is 34.3. The molecule has 3 aliphatic rings. The Kier molecular flexibility index (Phi) is 9.46. The topological polar surface area (TPSA) is 173 Å². The fourth-order valence-electron chi connectivity index (χ4n) is 6.06. The van der Waals surface area contributed by atoms with Crippen molar-refractivity contribution in [3.05, 3.63) is 35.5 Å². The summed E-state index contributed by atoms with van der Waals surface area (Å²) in [4.78, 5) is 59.3. The highest BCUT2D eigenvalue weighted by molar-refractivity contribution is 7.90. The van der Waals surface area contributed by atoms with Gasteiger partial charge in [0, 0.05) is 17.5 Å². The first-order valence-electron chi connectivity index (χ1n) is 16.1. The Bertz CT molecular complexity index is 1680. The van der Waals surface area contributed by atoms with Crippen molar-refractivity contribution in [2.45, 2.75) is 109 Å². The number of rotatable bonds is 9. The number of aryl methyl sites for hydroxylation is 2. The van der Waals surface area contributed by atoms with Crippen LogP contribution in [0.3, 0.4) is 0 Å². The Balaban J connectivity index is 1.39. The maximum atomic E-state index is 14.2. The SMILES string of the molecule is CC(C)(C)OC(=O)N[C@H](C(=O)N1C[C@H](Oc2nc3c(c4ccccc24)CCC3)C[C@H]1C(=O)NCC(=O)NS(=O)(=O)C1CC1)C(C)(C)C. The van der Waals surface area contributed by atoms with Gasteiger partial charge < -0.3 is 25.0 Å². The van der Waals surface area contributed by atoms with E-state index >= 15 is 0 Å². The predicted octanol–water partition coefficient (Wildman–Crippen LogP) is 2.74. The summed E-state index contributed by atoms with van der Waals surface area (Å²) in [6.45, 7) is 9.93. The van der Waals surface area contributed by atoms with Crippen LogP contribution in [0.2, 0.25) is 0 Å². The van der Waals surface area contributed by atoms with Crippen LogP contribution in [0.5, 0.6) is 5.88 Å². The van der Waals surface area contributed by atoms with Gasteiger partial charge in [-0.05, 0) is 75.3 Å². The zero-order valence-corrected chi connectivity index (χ0v) is 28.7. The molecule has 1 aromatic carbocycles. The number of carbonyl (C=O) groups is 4. The number of amides is 4. The van der Waals surface area contributed by atoms with Gasteiger partial charge in [-0.25, -0.2) is 18.2 Å². The van der Waals surface area contributed by atoms with Gasteiger partial charge in [0.15, 0.2) is 0 Å². The lowest BCUT2D eigenvalue weighted by Crippen LogP contribution is -2.58. The standard InChI is InChI=1S/C33H45N5O8S/c1-32(2,3)27(36-31(42)46-33(4,5)6)30(41)38-18-19(16-25(38)28(40)34-17-26(39)37-47(43,44)20-14-15-20)45-29-23-11-8-7-10-21(23)22-12-9-13-24(22)35-29/h7-8,10-11,19-20,25,27H,9,12-18H2,1-6H3,(H,34,40)(H,36,42)(H,37,39)/t19-,25+,27-/m1/s1. The lowest BCUT2D eigenvalue weighted by Gasteiger charge is -2.35. The first-order valence-corrected chi connectivity index (χ1v) is 17.7. The molecule has 0 bridgehead atoms. The summed E-state index contributed by atoms with van der Waals surface area (Å²) in [5.74, 6) is -1.63. The molecule has 2 fully saturated rings. The minimum absolute atomic E-state index is 0.00878. The molecule has 3 N–H and O–H groups in total. The van der Waals surface area contributed by atoms with Crippen LogP contribution in [0.15, 0.2) is 24.3 Å². The molecule has 14 heteroatoms. The van der Waals surface area contributed by atoms with E-state index in [0.29, 0.717) is 18.7 Å². The fraction of sp³-hybridized carbons (Fsp3) is 0.606. The minimum Gasteiger partial charge on any atom is -0.472 e. The van der Waals surface area contributed by atoms with E-state index in [-0.39, 0.29) is 13.0 Å². The molecular formula is C33H45N5O8S. The average Bonchev–Trinajstić information content (AvgIpc) is 3.60. The summed E-state index contributed by atoms with van der Waals surface area (Å²) < 4.78 is 38.3. The molecule has 1 aromatic heterocycles. The van der Waals surface area contributed by atoms with Crippen molar-refractivity contribution < 1.29 is 37.1 Å². The zero-order valence-electron chi connectivity index (χ0n) is 27.8. The van der Waals surface area contributed by atoms with E-state index in [1.54, 1.807) is 41.5 Å². The summed E-state index contributed by atoms with van der Waals surface area (Å²) >= 11 is 0. The van der Waals surface area contributed by atoms with Gasteiger partial charge in [0.1, 0.15) is 23.8 Å². The van der Waals surface area contributed by atoms with Crippen LogP contribution in [0.25, 0.3) is 10.8 Å². The third-order valence-electron chi connectivity index (χ3n) is 8.45. The number of nitrogens with one attached hydrogen (secondary N) is 3. The van der Waals surface area contributed by atoms with Crippen LogP contribution in [0, 0.1) is 5.41 Å². The highest BCUT2D eigenvalue weighted by Gasteiger charge is 2.46. The van der Waals surface area contributed by atoms with Crippen molar-refractivity contribution in [3.8, 4) is 5.88 Å². The molecule has 2 aliphatic carbocycles. The maximum Gasteiger partial charge on any atom is 0.408 e. The highest BCUT2D eigenvalue weighted by Crippen LogP contribution is 2.36. The molecule has 13 nitrogen and oxygen atoms in total. The fourth-order valence-corrected chi connectivity index (χ4v) is 7.37. The third-order valence-corrected chi connectivity index (χ3v) is 10.3. The van der Waals surface area contributed by atoms with Crippen LogP contribution in [-0.2, 0) is 42.0 Å². The van der Waals surface area contributed by atoms with Crippen molar-refractivity contribution >= 4 is 44.6 Å². The second-order valence-corrected chi connectivity index (χ2v) is 16.6. The lowest BCUT2D eigenvalue weighted by molar-refractivity contribution is -0.142. The molecule has 5 rings (SSSR count). The normalized spacial score (nSPS) is 20.3. The number of hydrogen-bond donors (Lipinski definition) is 3. The Hall–Kier alpha value is -3.94. The number of sulfonamides is 1. The summed E-state index contributed by atoms with van der Waals surface area (Å²) in [6.07, 6.45) is 2.39. The molecule has 1 saturated carbocycles. The maximum absolute atomic E-state index is 14.2. The molecule has 3 atom stereocenters. The molecule has 47 heavy (non-hydrogen) atoms. The number of nitrogens with zero attached hydrogens (tertiary/aromatic N) is 2. The molecular weight excluding hydrogens is 626 g/mol. The van der Waals surface area contributed by atoms with Gasteiger partial charge in [-0.1, -0.05) is 39.0 Å². The van der Waals surface area contributed by atoms with Crippen LogP contribution in [-0.4, -0.2) is 84.2 Å².